The molecule has 0 aliphatic carbocycles. The fraction of sp³-hybridized carbons (Fsp3) is 0. The van der Waals surface area contributed by atoms with Crippen molar-refractivity contribution in [1.29, 1.82) is 0 Å². The lowest BCUT2D eigenvalue weighted by atomic mass is 9.94. The van der Waals surface area contributed by atoms with E-state index in [9.17, 15) is 0 Å². The van der Waals surface area contributed by atoms with Crippen LogP contribution in [0.4, 0.5) is 0 Å². The quantitative estimate of drug-likeness (QED) is 0.150. The molecule has 6 heteroatoms. The third-order valence-corrected chi connectivity index (χ3v) is 13.8. The summed E-state index contributed by atoms with van der Waals surface area (Å²) in [6.07, 6.45) is 0. The normalized spacial score (nSPS) is 11.7. The Bertz CT molecular complexity index is 4260. The predicted octanol–water partition coefficient (Wildman–Crippen LogP) is 16.1. The summed E-state index contributed by atoms with van der Waals surface area (Å²) in [5.41, 5.74) is 14.7. The maximum atomic E-state index is 5.59. The van der Waals surface area contributed by atoms with Gasteiger partial charge in [0.1, 0.15) is 0 Å². The zero-order valence-corrected chi connectivity index (χ0v) is 37.8. The average Bonchev–Trinajstić information content (AvgIpc) is 3.97. The van der Waals surface area contributed by atoms with E-state index >= 15 is 0 Å². The van der Waals surface area contributed by atoms with E-state index in [2.05, 4.69) is 221 Å². The molecule has 0 radical (unpaired) electrons. The van der Waals surface area contributed by atoms with Crippen LogP contribution in [0.15, 0.2) is 243 Å². The van der Waals surface area contributed by atoms with Crippen molar-refractivity contribution in [2.75, 3.05) is 0 Å². The van der Waals surface area contributed by atoms with E-state index in [1.165, 1.54) is 49.0 Å². The van der Waals surface area contributed by atoms with Gasteiger partial charge in [0.25, 0.3) is 0 Å². The molecule has 0 spiro atoms. The Morgan fingerprint density at radius 2 is 0.686 bits per heavy atom. The lowest BCUT2D eigenvalue weighted by molar-refractivity contribution is 1.07. The van der Waals surface area contributed by atoms with Crippen molar-refractivity contribution in [2.24, 2.45) is 0 Å². The van der Waals surface area contributed by atoms with Crippen LogP contribution < -0.4 is 0 Å². The molecule has 0 saturated carbocycles. The number of benzene rings is 10. The van der Waals surface area contributed by atoms with Crippen LogP contribution in [0.3, 0.4) is 0 Å². The topological polar surface area (TPSA) is 61.4 Å². The average molecular weight is 893 g/mol. The van der Waals surface area contributed by atoms with Crippen LogP contribution in [0.2, 0.25) is 0 Å². The second kappa shape index (κ2) is 16.1. The van der Waals surface area contributed by atoms with Crippen molar-refractivity contribution in [3.8, 4) is 67.9 Å². The number of aromatic nitrogens is 6. The highest BCUT2D eigenvalue weighted by Crippen LogP contribution is 2.44. The van der Waals surface area contributed by atoms with Crippen molar-refractivity contribution < 1.29 is 0 Å². The van der Waals surface area contributed by atoms with E-state index in [4.69, 9.17) is 19.9 Å². The van der Waals surface area contributed by atoms with Gasteiger partial charge >= 0.3 is 0 Å². The summed E-state index contributed by atoms with van der Waals surface area (Å²) in [6.45, 7) is 0. The Labute approximate surface area is 403 Å². The SMILES string of the molecule is c1ccc(-c2nc(-c3ccc(-c4cccc5c4nc(-c4ccccc4)c4ccc6c7ccccc7n(-c7ccccc7)c6c45)cc3)nc(-c3ccc(-n4c5ccccc5c5ccccc54)cc3)n2)cc1. The smallest absolute Gasteiger partial charge is 0.164 e. The molecular formula is C64H40N6. The number of nitrogens with zero attached hydrogens (tertiary/aromatic N) is 6. The predicted molar refractivity (Wildman–Crippen MR) is 288 cm³/mol. The maximum Gasteiger partial charge on any atom is 0.164 e. The number of fused-ring (bicyclic) bond motifs is 10. The van der Waals surface area contributed by atoms with Gasteiger partial charge in [-0.1, -0.05) is 188 Å². The molecule has 0 amide bonds. The summed E-state index contributed by atoms with van der Waals surface area (Å²) < 4.78 is 4.75. The van der Waals surface area contributed by atoms with Crippen LogP contribution >= 0.6 is 0 Å². The Hall–Kier alpha value is -9.52. The van der Waals surface area contributed by atoms with E-state index in [1.54, 1.807) is 0 Å². The Morgan fingerprint density at radius 3 is 1.29 bits per heavy atom. The summed E-state index contributed by atoms with van der Waals surface area (Å²) >= 11 is 0. The van der Waals surface area contributed by atoms with E-state index in [0.29, 0.717) is 17.5 Å². The van der Waals surface area contributed by atoms with Gasteiger partial charge in [-0.15, -0.1) is 0 Å². The monoisotopic (exact) mass is 892 g/mol. The summed E-state index contributed by atoms with van der Waals surface area (Å²) in [6, 6.07) is 85.6. The molecule has 0 atom stereocenters. The Kier molecular flexibility index (Phi) is 9.10. The highest BCUT2D eigenvalue weighted by atomic mass is 15.0. The van der Waals surface area contributed by atoms with Gasteiger partial charge in [0.05, 0.1) is 33.3 Å². The van der Waals surface area contributed by atoms with E-state index < -0.39 is 0 Å². The minimum atomic E-state index is 0.603. The number of para-hydroxylation sites is 5. The van der Waals surface area contributed by atoms with Gasteiger partial charge < -0.3 is 9.13 Å². The van der Waals surface area contributed by atoms with Gasteiger partial charge in [-0.25, -0.2) is 19.9 Å². The first-order chi connectivity index (χ1) is 34.7. The van der Waals surface area contributed by atoms with E-state index in [0.717, 1.165) is 66.7 Å². The summed E-state index contributed by atoms with van der Waals surface area (Å²) in [7, 11) is 0. The first kappa shape index (κ1) is 39.6. The zero-order chi connectivity index (χ0) is 46.1. The van der Waals surface area contributed by atoms with Gasteiger partial charge in [-0.3, -0.25) is 0 Å². The largest absolute Gasteiger partial charge is 0.309 e. The number of hydrogen-bond acceptors (Lipinski definition) is 4. The van der Waals surface area contributed by atoms with E-state index in [1.807, 2.05) is 30.3 Å². The van der Waals surface area contributed by atoms with Gasteiger partial charge in [0, 0.05) is 76.9 Å². The Balaban J connectivity index is 0.916. The first-order valence-corrected chi connectivity index (χ1v) is 23.6. The third kappa shape index (κ3) is 6.35. The van der Waals surface area contributed by atoms with Crippen molar-refractivity contribution in [1.82, 2.24) is 29.1 Å². The first-order valence-electron chi connectivity index (χ1n) is 23.6. The molecule has 0 saturated heterocycles. The summed E-state index contributed by atoms with van der Waals surface area (Å²) in [5.74, 6) is 1.83. The summed E-state index contributed by atoms with van der Waals surface area (Å²) in [4.78, 5) is 20.9. The van der Waals surface area contributed by atoms with Crippen LogP contribution in [0, 0.1) is 0 Å². The van der Waals surface area contributed by atoms with Crippen molar-refractivity contribution in [2.45, 2.75) is 0 Å². The molecule has 14 rings (SSSR count). The van der Waals surface area contributed by atoms with Crippen molar-refractivity contribution in [3.05, 3.63) is 243 Å². The van der Waals surface area contributed by atoms with Gasteiger partial charge in [-0.05, 0) is 60.2 Å². The zero-order valence-electron chi connectivity index (χ0n) is 37.8. The van der Waals surface area contributed by atoms with E-state index in [-0.39, 0.29) is 0 Å². The van der Waals surface area contributed by atoms with Gasteiger partial charge in [-0.2, -0.15) is 0 Å². The highest BCUT2D eigenvalue weighted by molar-refractivity contribution is 6.28. The van der Waals surface area contributed by atoms with Crippen molar-refractivity contribution in [3.63, 3.8) is 0 Å². The molecule has 4 aromatic heterocycles. The number of pyridine rings is 1. The molecule has 14 aromatic rings. The van der Waals surface area contributed by atoms with Crippen molar-refractivity contribution >= 4 is 65.3 Å². The van der Waals surface area contributed by atoms with Crippen LogP contribution in [0.5, 0.6) is 0 Å². The van der Waals surface area contributed by atoms with Gasteiger partial charge in [0.15, 0.2) is 17.5 Å². The van der Waals surface area contributed by atoms with Crippen LogP contribution in [-0.2, 0) is 0 Å². The maximum absolute atomic E-state index is 5.59. The molecule has 10 aromatic carbocycles. The molecule has 0 bridgehead atoms. The molecule has 0 unspecified atom stereocenters. The molecule has 6 nitrogen and oxygen atoms in total. The highest BCUT2D eigenvalue weighted by Gasteiger charge is 2.22. The molecule has 0 aliphatic rings. The summed E-state index contributed by atoms with van der Waals surface area (Å²) in [5, 5.41) is 8.27. The second-order valence-electron chi connectivity index (χ2n) is 17.8. The standard InChI is InChI=1S/C64H40N6/c1-4-17-42(18-5-1)59-54-40-39-52-51-25-12-15-30-57(51)70(46-21-8-3-9-22-46)61(52)58(54)53-27-16-26-48(60(53)65-59)41-31-33-44(34-32-41)63-66-62(43-19-6-2-7-20-43)67-64(68-63)45-35-37-47(38-36-45)69-55-28-13-10-23-49(55)50-24-11-14-29-56(50)69/h1-40H. The van der Waals surface area contributed by atoms with Crippen LogP contribution in [0.25, 0.3) is 133 Å². The number of hydrogen-bond donors (Lipinski definition) is 0. The minimum Gasteiger partial charge on any atom is -0.309 e. The number of rotatable bonds is 7. The van der Waals surface area contributed by atoms with Gasteiger partial charge in [0.2, 0.25) is 0 Å². The van der Waals surface area contributed by atoms with Crippen LogP contribution in [0.1, 0.15) is 0 Å². The minimum absolute atomic E-state index is 0.603. The fourth-order valence-electron chi connectivity index (χ4n) is 10.6. The molecule has 70 heavy (non-hydrogen) atoms. The fourth-order valence-corrected chi connectivity index (χ4v) is 10.6. The molecular weight excluding hydrogens is 853 g/mol. The molecule has 0 N–H and O–H groups in total. The third-order valence-electron chi connectivity index (χ3n) is 13.8. The molecule has 4 heterocycles. The lowest BCUT2D eigenvalue weighted by Gasteiger charge is -2.16. The Morgan fingerprint density at radius 1 is 0.257 bits per heavy atom. The second-order valence-corrected chi connectivity index (χ2v) is 17.8. The lowest BCUT2D eigenvalue weighted by Crippen LogP contribution is -2.00. The molecule has 326 valence electrons. The van der Waals surface area contributed by atoms with Crippen LogP contribution in [-0.4, -0.2) is 29.1 Å². The molecule has 0 fully saturated rings. The molecule has 0 aliphatic heterocycles.